The van der Waals surface area contributed by atoms with Gasteiger partial charge in [-0.15, -0.1) is 0 Å². The molecule has 1 aromatic carbocycles. The van der Waals surface area contributed by atoms with Gasteiger partial charge >= 0.3 is 12.2 Å². The molecule has 7 nitrogen and oxygen atoms in total. The Morgan fingerprint density at radius 2 is 1.94 bits per heavy atom. The number of alkyl halides is 3. The lowest BCUT2D eigenvalue weighted by Crippen LogP contribution is -2.42. The lowest BCUT2D eigenvalue weighted by atomic mass is 9.91. The number of hydrogen-bond acceptors (Lipinski definition) is 4. The van der Waals surface area contributed by atoms with E-state index in [0.717, 1.165) is 25.1 Å². The number of carbonyl (C=O) groups excluding carboxylic acids is 3. The minimum Gasteiger partial charge on any atom is -0.319 e. The molecule has 2 heterocycles. The molecule has 1 fully saturated rings. The summed E-state index contributed by atoms with van der Waals surface area (Å²) in [5.41, 5.74) is -3.56. The van der Waals surface area contributed by atoms with E-state index in [1.807, 2.05) is 0 Å². The molecule has 0 radical (unpaired) electrons. The zero-order chi connectivity index (χ0) is 23.1. The lowest BCUT2D eigenvalue weighted by Gasteiger charge is -2.22. The summed E-state index contributed by atoms with van der Waals surface area (Å²) in [6, 6.07) is 1.83. The lowest BCUT2D eigenvalue weighted by molar-refractivity contribution is -0.137. The molecule has 1 aliphatic rings. The predicted molar refractivity (Wildman–Crippen MR) is 96.8 cm³/mol. The van der Waals surface area contributed by atoms with Crippen LogP contribution in [0.3, 0.4) is 0 Å². The van der Waals surface area contributed by atoms with Crippen molar-refractivity contribution in [2.75, 3.05) is 11.9 Å². The molecule has 1 unspecified atom stereocenters. The first-order chi connectivity index (χ1) is 14.3. The monoisotopic (exact) mass is 462 g/mol. The summed E-state index contributed by atoms with van der Waals surface area (Å²) < 4.78 is 65.6. The van der Waals surface area contributed by atoms with Crippen LogP contribution in [0.2, 0.25) is 5.02 Å². The van der Waals surface area contributed by atoms with E-state index in [1.165, 1.54) is 0 Å². The second-order valence-electron chi connectivity index (χ2n) is 6.67. The van der Waals surface area contributed by atoms with Crippen LogP contribution >= 0.6 is 11.6 Å². The molecule has 31 heavy (non-hydrogen) atoms. The second kappa shape index (κ2) is 7.76. The van der Waals surface area contributed by atoms with Crippen molar-refractivity contribution < 1.29 is 36.3 Å². The van der Waals surface area contributed by atoms with E-state index in [2.05, 4.69) is 15.6 Å². The number of nitrogens with one attached hydrogen (secondary N) is 2. The molecule has 164 valence electrons. The van der Waals surface area contributed by atoms with E-state index >= 15 is 0 Å². The van der Waals surface area contributed by atoms with Gasteiger partial charge < -0.3 is 10.6 Å². The van der Waals surface area contributed by atoms with Gasteiger partial charge in [0.25, 0.3) is 5.91 Å². The van der Waals surface area contributed by atoms with E-state index < -0.39 is 69.7 Å². The number of carbonyl (C=O) groups is 3. The number of amides is 4. The summed E-state index contributed by atoms with van der Waals surface area (Å²) in [6.45, 7) is 0.257. The number of rotatable bonds is 4. The number of hydrogen-bond donors (Lipinski definition) is 2. The number of benzene rings is 1. The van der Waals surface area contributed by atoms with Crippen molar-refractivity contribution in [2.45, 2.75) is 18.6 Å². The Morgan fingerprint density at radius 3 is 2.55 bits per heavy atom. The Morgan fingerprint density at radius 1 is 1.26 bits per heavy atom. The Bertz CT molecular complexity index is 1090. The van der Waals surface area contributed by atoms with Gasteiger partial charge in [0.1, 0.15) is 23.7 Å². The molecular weight excluding hydrogens is 451 g/mol. The van der Waals surface area contributed by atoms with Gasteiger partial charge in [0.2, 0.25) is 5.91 Å². The molecule has 1 atom stereocenters. The van der Waals surface area contributed by atoms with Crippen LogP contribution in [0.25, 0.3) is 0 Å². The third-order valence-corrected chi connectivity index (χ3v) is 4.76. The third-order valence-electron chi connectivity index (χ3n) is 4.47. The Balaban J connectivity index is 1.77. The van der Waals surface area contributed by atoms with Crippen LogP contribution in [0.4, 0.5) is 32.6 Å². The number of nitrogens with zero attached hydrogens (tertiary/aromatic N) is 2. The zero-order valence-corrected chi connectivity index (χ0v) is 16.2. The predicted octanol–water partition coefficient (Wildman–Crippen LogP) is 3.44. The number of aromatic nitrogens is 1. The van der Waals surface area contributed by atoms with Crippen molar-refractivity contribution in [3.63, 3.8) is 0 Å². The van der Waals surface area contributed by atoms with Crippen molar-refractivity contribution in [2.24, 2.45) is 0 Å². The molecule has 0 spiro atoms. The molecule has 1 aliphatic heterocycles. The van der Waals surface area contributed by atoms with Crippen LogP contribution in [0.1, 0.15) is 18.1 Å². The summed E-state index contributed by atoms with van der Waals surface area (Å²) in [5.74, 6) is -4.28. The standard InChI is InChI=1S/C18H12ClF5N4O3/c1-17(10-5-9(20)2-3-12(10)21)15(30)28(16(31)27-17)7-13(29)26-14-11(19)4-8(6-25-14)18(22,23)24/h2-6H,7H2,1H3,(H,27,31)(H,25,26,29). The van der Waals surface area contributed by atoms with Gasteiger partial charge in [-0.3, -0.25) is 14.5 Å². The quantitative estimate of drug-likeness (QED) is 0.538. The van der Waals surface area contributed by atoms with Crippen LogP contribution in [-0.2, 0) is 21.3 Å². The highest BCUT2D eigenvalue weighted by molar-refractivity contribution is 6.33. The van der Waals surface area contributed by atoms with Crippen molar-refractivity contribution in [3.05, 3.63) is 58.2 Å². The molecule has 1 saturated heterocycles. The Kier molecular flexibility index (Phi) is 5.61. The maximum atomic E-state index is 14.1. The molecule has 1 aromatic heterocycles. The van der Waals surface area contributed by atoms with Gasteiger partial charge in [0, 0.05) is 11.8 Å². The number of pyridine rings is 1. The van der Waals surface area contributed by atoms with E-state index in [9.17, 15) is 36.3 Å². The Hall–Kier alpha value is -3.28. The molecule has 2 aromatic rings. The van der Waals surface area contributed by atoms with Gasteiger partial charge in [0.05, 0.1) is 10.6 Å². The molecule has 4 amide bonds. The number of imide groups is 1. The summed E-state index contributed by atoms with van der Waals surface area (Å²) >= 11 is 5.70. The summed E-state index contributed by atoms with van der Waals surface area (Å²) in [5, 5.41) is 3.77. The Labute approximate surface area is 176 Å². The van der Waals surface area contributed by atoms with E-state index in [1.54, 1.807) is 0 Å². The SMILES string of the molecule is CC1(c2cc(F)ccc2F)NC(=O)N(CC(=O)Nc2ncc(C(F)(F)F)cc2Cl)C1=O. The molecule has 2 N–H and O–H groups in total. The summed E-state index contributed by atoms with van der Waals surface area (Å²) in [6.07, 6.45) is -4.26. The fourth-order valence-corrected chi connectivity index (χ4v) is 3.12. The van der Waals surface area contributed by atoms with E-state index in [4.69, 9.17) is 11.6 Å². The smallest absolute Gasteiger partial charge is 0.319 e. The third kappa shape index (κ3) is 4.29. The van der Waals surface area contributed by atoms with Crippen LogP contribution < -0.4 is 10.6 Å². The highest BCUT2D eigenvalue weighted by Gasteiger charge is 2.51. The topological polar surface area (TPSA) is 91.4 Å². The van der Waals surface area contributed by atoms with Gasteiger partial charge in [-0.25, -0.2) is 18.6 Å². The first kappa shape index (κ1) is 22.4. The molecule has 3 rings (SSSR count). The molecule has 0 bridgehead atoms. The first-order valence-corrected chi connectivity index (χ1v) is 8.83. The van der Waals surface area contributed by atoms with Crippen LogP contribution in [0.5, 0.6) is 0 Å². The maximum Gasteiger partial charge on any atom is 0.417 e. The fourth-order valence-electron chi connectivity index (χ4n) is 2.90. The van der Waals surface area contributed by atoms with Gasteiger partial charge in [-0.2, -0.15) is 13.2 Å². The molecule has 0 aliphatic carbocycles. The van der Waals surface area contributed by atoms with Gasteiger partial charge in [-0.1, -0.05) is 11.6 Å². The average molecular weight is 463 g/mol. The van der Waals surface area contributed by atoms with Crippen molar-refractivity contribution in [1.82, 2.24) is 15.2 Å². The van der Waals surface area contributed by atoms with Crippen LogP contribution in [0, 0.1) is 11.6 Å². The zero-order valence-electron chi connectivity index (χ0n) is 15.5. The fraction of sp³-hybridized carbons (Fsp3) is 0.222. The number of urea groups is 1. The van der Waals surface area contributed by atoms with Crippen molar-refractivity contribution in [3.8, 4) is 0 Å². The largest absolute Gasteiger partial charge is 0.417 e. The normalized spacial score (nSPS) is 18.9. The van der Waals surface area contributed by atoms with Crippen molar-refractivity contribution in [1.29, 1.82) is 0 Å². The second-order valence-corrected chi connectivity index (χ2v) is 7.08. The highest BCUT2D eigenvalue weighted by Crippen LogP contribution is 2.33. The highest BCUT2D eigenvalue weighted by atomic mass is 35.5. The van der Waals surface area contributed by atoms with Gasteiger partial charge in [0.15, 0.2) is 5.82 Å². The van der Waals surface area contributed by atoms with E-state index in [0.29, 0.717) is 17.2 Å². The number of anilines is 1. The summed E-state index contributed by atoms with van der Waals surface area (Å²) in [4.78, 5) is 41.0. The van der Waals surface area contributed by atoms with Crippen molar-refractivity contribution >= 4 is 35.3 Å². The van der Waals surface area contributed by atoms with Gasteiger partial charge in [-0.05, 0) is 31.2 Å². The summed E-state index contributed by atoms with van der Waals surface area (Å²) in [7, 11) is 0. The molecular formula is C18H12ClF5N4O3. The molecule has 13 heteroatoms. The minimum absolute atomic E-state index is 0.425. The number of halogens is 6. The minimum atomic E-state index is -4.70. The van der Waals surface area contributed by atoms with Crippen LogP contribution in [0.15, 0.2) is 30.5 Å². The van der Waals surface area contributed by atoms with E-state index in [-0.39, 0.29) is 0 Å². The maximum absolute atomic E-state index is 14.1. The first-order valence-electron chi connectivity index (χ1n) is 8.45. The van der Waals surface area contributed by atoms with Crippen LogP contribution in [-0.4, -0.2) is 34.3 Å². The molecule has 0 saturated carbocycles. The average Bonchev–Trinajstić information content (AvgIpc) is 2.88.